The van der Waals surface area contributed by atoms with Gasteiger partial charge in [0.25, 0.3) is 11.8 Å². The fraction of sp³-hybridized carbons (Fsp3) is 0.421. The van der Waals surface area contributed by atoms with Gasteiger partial charge < -0.3 is 9.64 Å². The zero-order valence-corrected chi connectivity index (χ0v) is 16.2. The number of carbonyl (C=O) groups excluding carboxylic acids is 2. The molecule has 1 fully saturated rings. The van der Waals surface area contributed by atoms with Gasteiger partial charge in [-0.2, -0.15) is 0 Å². The Morgan fingerprint density at radius 1 is 1.12 bits per heavy atom. The van der Waals surface area contributed by atoms with Crippen LogP contribution in [-0.2, 0) is 9.59 Å². The van der Waals surface area contributed by atoms with Gasteiger partial charge in [-0.15, -0.1) is 0 Å². The van der Waals surface area contributed by atoms with Gasteiger partial charge in [0.05, 0.1) is 6.61 Å². The Kier molecular flexibility index (Phi) is 7.15. The Bertz CT molecular complexity index is 709. The zero-order chi connectivity index (χ0) is 19.1. The first-order valence-corrected chi connectivity index (χ1v) is 9.31. The molecular formula is C19H25N3O3S. The molecule has 26 heavy (non-hydrogen) atoms. The number of benzene rings is 1. The molecule has 1 heterocycles. The van der Waals surface area contributed by atoms with Crippen LogP contribution in [0.1, 0.15) is 39.2 Å². The monoisotopic (exact) mass is 375 g/mol. The molecule has 6 nitrogen and oxygen atoms in total. The van der Waals surface area contributed by atoms with Gasteiger partial charge in [-0.25, -0.2) is 0 Å². The molecule has 0 aromatic heterocycles. The van der Waals surface area contributed by atoms with Crippen molar-refractivity contribution in [1.29, 1.82) is 0 Å². The molecule has 0 unspecified atom stereocenters. The van der Waals surface area contributed by atoms with Gasteiger partial charge in [-0.05, 0) is 50.2 Å². The van der Waals surface area contributed by atoms with Crippen LogP contribution in [-0.4, -0.2) is 36.6 Å². The summed E-state index contributed by atoms with van der Waals surface area (Å²) >= 11 is 4.82. The fourth-order valence-electron chi connectivity index (χ4n) is 2.68. The second kappa shape index (κ2) is 9.33. The van der Waals surface area contributed by atoms with E-state index >= 15 is 0 Å². The Labute approximate surface area is 159 Å². The molecule has 0 atom stereocenters. The molecule has 1 aliphatic heterocycles. The van der Waals surface area contributed by atoms with Gasteiger partial charge in [0.2, 0.25) is 0 Å². The molecule has 0 aliphatic carbocycles. The van der Waals surface area contributed by atoms with Crippen LogP contribution in [0, 0.1) is 0 Å². The number of rotatable bonds is 8. The van der Waals surface area contributed by atoms with E-state index in [-0.39, 0.29) is 10.7 Å². The Morgan fingerprint density at radius 3 is 2.38 bits per heavy atom. The molecule has 0 radical (unpaired) electrons. The van der Waals surface area contributed by atoms with Gasteiger partial charge in [-0.3, -0.25) is 20.2 Å². The first-order valence-electron chi connectivity index (χ1n) is 8.90. The van der Waals surface area contributed by atoms with E-state index in [9.17, 15) is 9.59 Å². The molecule has 0 spiro atoms. The third-order valence-corrected chi connectivity index (χ3v) is 4.15. The smallest absolute Gasteiger partial charge is 0.263 e. The molecule has 2 amide bonds. The summed E-state index contributed by atoms with van der Waals surface area (Å²) in [5.74, 6) is -0.365. The number of anilines is 1. The number of thiocarbonyl (C=S) groups is 1. The molecular weight excluding hydrogens is 350 g/mol. The molecule has 0 bridgehead atoms. The number of hydrogen-bond donors (Lipinski definition) is 2. The molecule has 1 aromatic carbocycles. The molecule has 2 rings (SSSR count). The maximum Gasteiger partial charge on any atom is 0.263 e. The van der Waals surface area contributed by atoms with E-state index in [1.165, 1.54) is 6.08 Å². The van der Waals surface area contributed by atoms with Crippen molar-refractivity contribution in [2.24, 2.45) is 0 Å². The molecule has 140 valence electrons. The maximum atomic E-state index is 12.1. The van der Waals surface area contributed by atoms with Crippen molar-refractivity contribution in [2.75, 3.05) is 24.6 Å². The first-order chi connectivity index (χ1) is 12.5. The average molecular weight is 375 g/mol. The lowest BCUT2D eigenvalue weighted by Crippen LogP contribution is -2.51. The van der Waals surface area contributed by atoms with E-state index in [1.54, 1.807) is 0 Å². The molecule has 1 aliphatic rings. The van der Waals surface area contributed by atoms with Crippen molar-refractivity contribution in [3.63, 3.8) is 0 Å². The SMILES string of the molecule is CCCOc1cc(N(CC)CCC)ccc1C=C1C(=O)NC(=S)NC1=O. The van der Waals surface area contributed by atoms with Crippen LogP contribution in [0.2, 0.25) is 0 Å². The summed E-state index contributed by atoms with van der Waals surface area (Å²) in [6.45, 7) is 8.68. The first kappa shape index (κ1) is 19.9. The van der Waals surface area contributed by atoms with Crippen molar-refractivity contribution in [2.45, 2.75) is 33.6 Å². The van der Waals surface area contributed by atoms with Crippen molar-refractivity contribution in [3.05, 3.63) is 29.3 Å². The van der Waals surface area contributed by atoms with E-state index in [2.05, 4.69) is 29.4 Å². The van der Waals surface area contributed by atoms with Crippen LogP contribution in [0.15, 0.2) is 23.8 Å². The van der Waals surface area contributed by atoms with Gasteiger partial charge in [-0.1, -0.05) is 13.8 Å². The number of amides is 2. The van der Waals surface area contributed by atoms with E-state index in [4.69, 9.17) is 17.0 Å². The van der Waals surface area contributed by atoms with E-state index in [0.29, 0.717) is 17.9 Å². The molecule has 0 saturated carbocycles. The summed E-state index contributed by atoms with van der Waals surface area (Å²) in [4.78, 5) is 26.4. The minimum atomic E-state index is -0.509. The summed E-state index contributed by atoms with van der Waals surface area (Å²) in [7, 11) is 0. The number of hydrogen-bond acceptors (Lipinski definition) is 5. The second-order valence-corrected chi connectivity index (χ2v) is 6.35. The lowest BCUT2D eigenvalue weighted by Gasteiger charge is -2.24. The highest BCUT2D eigenvalue weighted by atomic mass is 32.1. The van der Waals surface area contributed by atoms with Gasteiger partial charge >= 0.3 is 0 Å². The highest BCUT2D eigenvalue weighted by Gasteiger charge is 2.26. The highest BCUT2D eigenvalue weighted by molar-refractivity contribution is 7.80. The Balaban J connectivity index is 2.40. The lowest BCUT2D eigenvalue weighted by atomic mass is 10.1. The largest absolute Gasteiger partial charge is 0.493 e. The molecule has 1 saturated heterocycles. The van der Waals surface area contributed by atoms with Gasteiger partial charge in [0, 0.05) is 30.4 Å². The minimum absolute atomic E-state index is 0.00797. The van der Waals surface area contributed by atoms with Crippen LogP contribution < -0.4 is 20.3 Å². The number of carbonyl (C=O) groups is 2. The van der Waals surface area contributed by atoms with Crippen molar-refractivity contribution >= 4 is 40.9 Å². The van der Waals surface area contributed by atoms with E-state index in [0.717, 1.165) is 31.6 Å². The normalized spacial score (nSPS) is 14.0. The minimum Gasteiger partial charge on any atom is -0.493 e. The van der Waals surface area contributed by atoms with Gasteiger partial charge in [0.15, 0.2) is 5.11 Å². The maximum absolute atomic E-state index is 12.1. The number of nitrogens with one attached hydrogen (secondary N) is 2. The highest BCUT2D eigenvalue weighted by Crippen LogP contribution is 2.28. The average Bonchev–Trinajstić information content (AvgIpc) is 2.61. The van der Waals surface area contributed by atoms with Crippen LogP contribution >= 0.6 is 12.2 Å². The van der Waals surface area contributed by atoms with Crippen molar-refractivity contribution in [3.8, 4) is 5.75 Å². The molecule has 1 aromatic rings. The summed E-state index contributed by atoms with van der Waals surface area (Å²) < 4.78 is 5.87. The predicted molar refractivity (Wildman–Crippen MR) is 107 cm³/mol. The predicted octanol–water partition coefficient (Wildman–Crippen LogP) is 2.63. The topological polar surface area (TPSA) is 70.7 Å². The summed E-state index contributed by atoms with van der Waals surface area (Å²) in [6, 6.07) is 5.82. The van der Waals surface area contributed by atoms with Crippen LogP contribution in [0.25, 0.3) is 6.08 Å². The van der Waals surface area contributed by atoms with E-state index in [1.807, 2.05) is 25.1 Å². The number of nitrogens with zero attached hydrogens (tertiary/aromatic N) is 1. The quantitative estimate of drug-likeness (QED) is 0.415. The second-order valence-electron chi connectivity index (χ2n) is 5.95. The van der Waals surface area contributed by atoms with Gasteiger partial charge in [0.1, 0.15) is 11.3 Å². The molecule has 7 heteroatoms. The standard InChI is InChI=1S/C19H25N3O3S/c1-4-9-22(6-3)14-8-7-13(16(12-14)25-10-5-2)11-15-17(23)20-19(26)21-18(15)24/h7-8,11-12H,4-6,9-10H2,1-3H3,(H2,20,21,23,24,26). The van der Waals surface area contributed by atoms with Crippen LogP contribution in [0.5, 0.6) is 5.75 Å². The van der Waals surface area contributed by atoms with Crippen molar-refractivity contribution < 1.29 is 14.3 Å². The zero-order valence-electron chi connectivity index (χ0n) is 15.4. The summed E-state index contributed by atoms with van der Waals surface area (Å²) in [5.41, 5.74) is 1.75. The van der Waals surface area contributed by atoms with Crippen molar-refractivity contribution in [1.82, 2.24) is 10.6 Å². The van der Waals surface area contributed by atoms with Crippen LogP contribution in [0.3, 0.4) is 0 Å². The third-order valence-electron chi connectivity index (χ3n) is 3.94. The Morgan fingerprint density at radius 2 is 1.81 bits per heavy atom. The number of ether oxygens (including phenoxy) is 1. The Hall–Kier alpha value is -2.41. The summed E-state index contributed by atoms with van der Waals surface area (Å²) in [5, 5.41) is 4.90. The molecule has 2 N–H and O–H groups in total. The summed E-state index contributed by atoms with van der Waals surface area (Å²) in [6.07, 6.45) is 3.45. The third kappa shape index (κ3) is 4.82. The van der Waals surface area contributed by atoms with E-state index < -0.39 is 11.8 Å². The fourth-order valence-corrected chi connectivity index (χ4v) is 2.86. The lowest BCUT2D eigenvalue weighted by molar-refractivity contribution is -0.123. The van der Waals surface area contributed by atoms with Crippen LogP contribution in [0.4, 0.5) is 5.69 Å².